The summed E-state index contributed by atoms with van der Waals surface area (Å²) < 4.78 is 23.3. The third-order valence-corrected chi connectivity index (χ3v) is 5.88. The number of benzene rings is 2. The van der Waals surface area contributed by atoms with Crippen LogP contribution in [0.5, 0.6) is 5.75 Å². The van der Waals surface area contributed by atoms with Gasteiger partial charge in [-0.2, -0.15) is 0 Å². The van der Waals surface area contributed by atoms with Crippen molar-refractivity contribution in [2.45, 2.75) is 17.7 Å². The zero-order chi connectivity index (χ0) is 16.9. The predicted octanol–water partition coefficient (Wildman–Crippen LogP) is 4.06. The number of hydrogen-bond donors (Lipinski definition) is 1. The van der Waals surface area contributed by atoms with Crippen LogP contribution in [-0.2, 0) is 9.84 Å². The molecule has 0 aliphatic heterocycles. The van der Waals surface area contributed by atoms with Gasteiger partial charge in [-0.25, -0.2) is 8.42 Å². The number of allylic oxidation sites excluding steroid dienone is 4. The van der Waals surface area contributed by atoms with E-state index < -0.39 is 9.84 Å². The average molecular weight is 338 g/mol. The van der Waals surface area contributed by atoms with Crippen LogP contribution >= 0.6 is 0 Å². The minimum atomic E-state index is -3.19. The lowest BCUT2D eigenvalue weighted by atomic mass is 9.95. The van der Waals surface area contributed by atoms with Crippen molar-refractivity contribution in [1.29, 1.82) is 0 Å². The number of sulfone groups is 1. The van der Waals surface area contributed by atoms with Crippen molar-refractivity contribution in [3.63, 3.8) is 0 Å². The second-order valence-corrected chi connectivity index (χ2v) is 8.71. The predicted molar refractivity (Wildman–Crippen MR) is 95.3 cm³/mol. The fourth-order valence-electron chi connectivity index (χ4n) is 3.21. The van der Waals surface area contributed by atoms with Crippen LogP contribution in [0.4, 0.5) is 0 Å². The van der Waals surface area contributed by atoms with Crippen LogP contribution in [0.15, 0.2) is 65.6 Å². The fraction of sp³-hybridized carbons (Fsp3) is 0.200. The first-order valence-electron chi connectivity index (χ1n) is 7.92. The third kappa shape index (κ3) is 2.67. The summed E-state index contributed by atoms with van der Waals surface area (Å²) in [6.07, 6.45) is 8.13. The first kappa shape index (κ1) is 15.2. The summed E-state index contributed by atoms with van der Waals surface area (Å²) in [7, 11) is -3.19. The maximum Gasteiger partial charge on any atom is 0.175 e. The molecule has 0 radical (unpaired) electrons. The Morgan fingerprint density at radius 3 is 1.71 bits per heavy atom. The van der Waals surface area contributed by atoms with Gasteiger partial charge in [0.1, 0.15) is 5.75 Å². The van der Waals surface area contributed by atoms with E-state index in [-0.39, 0.29) is 11.2 Å². The molecule has 0 unspecified atom stereocenters. The minimum Gasteiger partial charge on any atom is -0.508 e. The quantitative estimate of drug-likeness (QED) is 0.918. The van der Waals surface area contributed by atoms with Gasteiger partial charge in [-0.3, -0.25) is 0 Å². The molecule has 1 fully saturated rings. The van der Waals surface area contributed by atoms with Crippen LogP contribution in [0, 0.1) is 5.41 Å². The van der Waals surface area contributed by atoms with E-state index in [9.17, 15) is 13.5 Å². The Morgan fingerprint density at radius 1 is 0.833 bits per heavy atom. The Balaban J connectivity index is 1.76. The Bertz CT molecular complexity index is 959. The molecule has 1 N–H and O–H groups in total. The molecule has 3 nitrogen and oxygen atoms in total. The van der Waals surface area contributed by atoms with Crippen molar-refractivity contribution >= 4 is 21.0 Å². The summed E-state index contributed by atoms with van der Waals surface area (Å²) in [6.45, 7) is 0. The molecule has 4 heteroatoms. The summed E-state index contributed by atoms with van der Waals surface area (Å²) in [5.74, 6) is 0.251. The Kier molecular flexibility index (Phi) is 3.22. The van der Waals surface area contributed by atoms with Gasteiger partial charge in [0.2, 0.25) is 0 Å². The van der Waals surface area contributed by atoms with Crippen LogP contribution in [0.25, 0.3) is 11.1 Å². The molecule has 0 heterocycles. The zero-order valence-corrected chi connectivity index (χ0v) is 14.2. The van der Waals surface area contributed by atoms with Crippen LogP contribution in [-0.4, -0.2) is 19.8 Å². The summed E-state index contributed by atoms with van der Waals surface area (Å²) >= 11 is 0. The summed E-state index contributed by atoms with van der Waals surface area (Å²) in [4.78, 5) is 0.334. The maximum absolute atomic E-state index is 11.6. The lowest BCUT2D eigenvalue weighted by Gasteiger charge is -2.10. The van der Waals surface area contributed by atoms with Crippen molar-refractivity contribution in [3.8, 4) is 5.75 Å². The molecule has 2 aromatic rings. The van der Waals surface area contributed by atoms with Gasteiger partial charge >= 0.3 is 0 Å². The highest BCUT2D eigenvalue weighted by Crippen LogP contribution is 2.57. The molecular weight excluding hydrogens is 320 g/mol. The number of rotatable bonds is 3. The smallest absolute Gasteiger partial charge is 0.175 e. The van der Waals surface area contributed by atoms with Crippen molar-refractivity contribution in [2.24, 2.45) is 5.41 Å². The Hall–Kier alpha value is -2.33. The van der Waals surface area contributed by atoms with E-state index in [1.165, 1.54) is 6.26 Å². The van der Waals surface area contributed by atoms with E-state index in [2.05, 4.69) is 12.2 Å². The Morgan fingerprint density at radius 2 is 1.29 bits per heavy atom. The molecule has 24 heavy (non-hydrogen) atoms. The van der Waals surface area contributed by atoms with E-state index in [0.717, 1.165) is 35.1 Å². The lowest BCUT2D eigenvalue weighted by molar-refractivity contribution is 0.475. The molecule has 4 rings (SSSR count). The van der Waals surface area contributed by atoms with E-state index in [1.54, 1.807) is 24.3 Å². The Labute approximate surface area is 141 Å². The average Bonchev–Trinajstić information content (AvgIpc) is 3.19. The van der Waals surface area contributed by atoms with Crippen molar-refractivity contribution < 1.29 is 13.5 Å². The number of hydrogen-bond acceptors (Lipinski definition) is 3. The summed E-state index contributed by atoms with van der Waals surface area (Å²) in [5, 5.41) is 9.51. The SMILES string of the molecule is CS(=O)(=O)c1ccc(C2=CC3(C=C2c2ccc(O)cc2)CC3)cc1. The highest BCUT2D eigenvalue weighted by atomic mass is 32.2. The van der Waals surface area contributed by atoms with Gasteiger partial charge in [-0.05, 0) is 59.4 Å². The summed E-state index contributed by atoms with van der Waals surface area (Å²) in [5.41, 5.74) is 4.54. The highest BCUT2D eigenvalue weighted by molar-refractivity contribution is 7.90. The topological polar surface area (TPSA) is 54.4 Å². The van der Waals surface area contributed by atoms with E-state index in [1.807, 2.05) is 24.3 Å². The molecular formula is C20H18O3S. The standard InChI is InChI=1S/C20H18O3S/c1-24(22,23)17-8-4-15(5-9-17)19-13-20(10-11-20)12-18(19)14-2-6-16(21)7-3-14/h2-9,12-13,21H,10-11H2,1H3. The number of aromatic hydroxyl groups is 1. The molecule has 2 aromatic carbocycles. The second-order valence-electron chi connectivity index (χ2n) is 6.69. The van der Waals surface area contributed by atoms with Crippen molar-refractivity contribution in [2.75, 3.05) is 6.26 Å². The summed E-state index contributed by atoms with van der Waals surface area (Å²) in [6, 6.07) is 14.3. The van der Waals surface area contributed by atoms with Gasteiger partial charge in [-0.1, -0.05) is 36.4 Å². The zero-order valence-electron chi connectivity index (χ0n) is 13.4. The molecule has 1 spiro atoms. The highest BCUT2D eigenvalue weighted by Gasteiger charge is 2.43. The molecule has 2 aliphatic carbocycles. The number of phenolic OH excluding ortho intramolecular Hbond substituents is 1. The van der Waals surface area contributed by atoms with Crippen LogP contribution in [0.1, 0.15) is 24.0 Å². The monoisotopic (exact) mass is 338 g/mol. The van der Waals surface area contributed by atoms with Crippen LogP contribution in [0.3, 0.4) is 0 Å². The van der Waals surface area contributed by atoms with Crippen LogP contribution < -0.4 is 0 Å². The van der Waals surface area contributed by atoms with Crippen molar-refractivity contribution in [3.05, 3.63) is 71.8 Å². The molecule has 2 aliphatic rings. The minimum absolute atomic E-state index is 0.165. The van der Waals surface area contributed by atoms with Crippen LogP contribution in [0.2, 0.25) is 0 Å². The first-order valence-corrected chi connectivity index (χ1v) is 9.82. The molecule has 0 bridgehead atoms. The van der Waals surface area contributed by atoms with Gasteiger partial charge in [0, 0.05) is 11.7 Å². The molecule has 0 amide bonds. The first-order chi connectivity index (χ1) is 11.4. The van der Waals surface area contributed by atoms with Gasteiger partial charge in [-0.15, -0.1) is 0 Å². The van der Waals surface area contributed by atoms with Crippen molar-refractivity contribution in [1.82, 2.24) is 0 Å². The van der Waals surface area contributed by atoms with Gasteiger partial charge in [0.25, 0.3) is 0 Å². The fourth-order valence-corrected chi connectivity index (χ4v) is 3.84. The largest absolute Gasteiger partial charge is 0.508 e. The van der Waals surface area contributed by atoms with Gasteiger partial charge < -0.3 is 5.11 Å². The molecule has 1 saturated carbocycles. The maximum atomic E-state index is 11.6. The molecule has 0 saturated heterocycles. The van der Waals surface area contributed by atoms with E-state index in [4.69, 9.17) is 0 Å². The molecule has 122 valence electrons. The molecule has 0 aromatic heterocycles. The van der Waals surface area contributed by atoms with Gasteiger partial charge in [0.05, 0.1) is 4.90 Å². The molecule has 0 atom stereocenters. The van der Waals surface area contributed by atoms with E-state index >= 15 is 0 Å². The van der Waals surface area contributed by atoms with Gasteiger partial charge in [0.15, 0.2) is 9.84 Å². The normalized spacial score (nSPS) is 18.4. The number of phenols is 1. The lowest BCUT2D eigenvalue weighted by Crippen LogP contribution is -1.97. The second kappa shape index (κ2) is 5.08. The van der Waals surface area contributed by atoms with E-state index in [0.29, 0.717) is 4.90 Å². The third-order valence-electron chi connectivity index (χ3n) is 4.75.